The predicted octanol–water partition coefficient (Wildman–Crippen LogP) is 2.94. The highest BCUT2D eigenvalue weighted by Gasteiger charge is 2.31. The second kappa shape index (κ2) is 4.88. The standard InChI is InChI=1S/C14H21NO/c1-3-15-11-9-14(2,10-12-15)16-13-7-5-4-6-8-13/h4-8H,3,9-12H2,1-2H3. The van der Waals surface area contributed by atoms with E-state index in [1.807, 2.05) is 30.3 Å². The first kappa shape index (κ1) is 11.5. The molecule has 0 aliphatic carbocycles. The van der Waals surface area contributed by atoms with Gasteiger partial charge >= 0.3 is 0 Å². The summed E-state index contributed by atoms with van der Waals surface area (Å²) < 4.78 is 6.11. The molecule has 0 N–H and O–H groups in total. The highest BCUT2D eigenvalue weighted by atomic mass is 16.5. The van der Waals surface area contributed by atoms with Gasteiger partial charge < -0.3 is 9.64 Å². The van der Waals surface area contributed by atoms with Crippen LogP contribution in [0.1, 0.15) is 26.7 Å². The summed E-state index contributed by atoms with van der Waals surface area (Å²) in [6.07, 6.45) is 2.24. The fraction of sp³-hybridized carbons (Fsp3) is 0.571. The van der Waals surface area contributed by atoms with Crippen molar-refractivity contribution < 1.29 is 4.74 Å². The Bertz CT molecular complexity index is 315. The van der Waals surface area contributed by atoms with E-state index >= 15 is 0 Å². The molecule has 1 aliphatic heterocycles. The van der Waals surface area contributed by atoms with Gasteiger partial charge in [-0.25, -0.2) is 0 Å². The second-order valence-electron chi connectivity index (χ2n) is 4.80. The molecule has 0 aromatic heterocycles. The van der Waals surface area contributed by atoms with Crippen molar-refractivity contribution in [3.63, 3.8) is 0 Å². The summed E-state index contributed by atoms with van der Waals surface area (Å²) >= 11 is 0. The molecule has 1 aromatic rings. The molecular formula is C14H21NO. The molecule has 0 atom stereocenters. The summed E-state index contributed by atoms with van der Waals surface area (Å²) in [6.45, 7) is 7.91. The molecule has 1 aromatic carbocycles. The van der Waals surface area contributed by atoms with Crippen molar-refractivity contribution in [1.82, 2.24) is 4.90 Å². The van der Waals surface area contributed by atoms with E-state index in [4.69, 9.17) is 4.74 Å². The number of ether oxygens (including phenoxy) is 1. The molecule has 0 unspecified atom stereocenters. The van der Waals surface area contributed by atoms with Crippen molar-refractivity contribution in [2.24, 2.45) is 0 Å². The van der Waals surface area contributed by atoms with Crippen LogP contribution < -0.4 is 4.74 Å². The first-order valence-electron chi connectivity index (χ1n) is 6.18. The molecule has 1 heterocycles. The third kappa shape index (κ3) is 2.76. The van der Waals surface area contributed by atoms with Crippen LogP contribution >= 0.6 is 0 Å². The SMILES string of the molecule is CCN1CCC(C)(Oc2ccccc2)CC1. The first-order chi connectivity index (χ1) is 7.72. The van der Waals surface area contributed by atoms with E-state index in [1.54, 1.807) is 0 Å². The maximum Gasteiger partial charge on any atom is 0.120 e. The summed E-state index contributed by atoms with van der Waals surface area (Å²) in [5.74, 6) is 0.995. The van der Waals surface area contributed by atoms with E-state index in [1.165, 1.54) is 0 Å². The highest BCUT2D eigenvalue weighted by molar-refractivity contribution is 5.22. The average Bonchev–Trinajstić information content (AvgIpc) is 2.31. The van der Waals surface area contributed by atoms with Gasteiger partial charge in [-0.05, 0) is 38.4 Å². The Morgan fingerprint density at radius 1 is 1.19 bits per heavy atom. The van der Waals surface area contributed by atoms with Gasteiger partial charge in [-0.3, -0.25) is 0 Å². The lowest BCUT2D eigenvalue weighted by molar-refractivity contribution is 0.0183. The first-order valence-corrected chi connectivity index (χ1v) is 6.18. The minimum Gasteiger partial charge on any atom is -0.487 e. The Morgan fingerprint density at radius 3 is 2.38 bits per heavy atom. The Labute approximate surface area is 98.2 Å². The van der Waals surface area contributed by atoms with Crippen LogP contribution in [-0.2, 0) is 0 Å². The molecule has 2 nitrogen and oxygen atoms in total. The van der Waals surface area contributed by atoms with Crippen LogP contribution in [0.4, 0.5) is 0 Å². The molecule has 88 valence electrons. The number of benzene rings is 1. The van der Waals surface area contributed by atoms with Crippen molar-refractivity contribution in [2.75, 3.05) is 19.6 Å². The van der Waals surface area contributed by atoms with Gasteiger partial charge in [0.1, 0.15) is 11.4 Å². The van der Waals surface area contributed by atoms with Gasteiger partial charge in [-0.2, -0.15) is 0 Å². The number of para-hydroxylation sites is 1. The number of nitrogens with zero attached hydrogens (tertiary/aromatic N) is 1. The van der Waals surface area contributed by atoms with Crippen molar-refractivity contribution >= 4 is 0 Å². The van der Waals surface area contributed by atoms with E-state index in [9.17, 15) is 0 Å². The maximum atomic E-state index is 6.11. The van der Waals surface area contributed by atoms with Gasteiger partial charge in [0.15, 0.2) is 0 Å². The molecule has 2 heteroatoms. The van der Waals surface area contributed by atoms with Gasteiger partial charge in [0.2, 0.25) is 0 Å². The minimum absolute atomic E-state index is 0.0209. The van der Waals surface area contributed by atoms with E-state index < -0.39 is 0 Å². The van der Waals surface area contributed by atoms with E-state index in [0.717, 1.165) is 38.2 Å². The fourth-order valence-electron chi connectivity index (χ4n) is 2.22. The summed E-state index contributed by atoms with van der Waals surface area (Å²) in [7, 11) is 0. The van der Waals surface area contributed by atoms with Gasteiger partial charge in [0.05, 0.1) is 0 Å². The zero-order valence-corrected chi connectivity index (χ0v) is 10.3. The smallest absolute Gasteiger partial charge is 0.120 e. The average molecular weight is 219 g/mol. The van der Waals surface area contributed by atoms with E-state index in [2.05, 4.69) is 18.7 Å². The number of piperidine rings is 1. The second-order valence-corrected chi connectivity index (χ2v) is 4.80. The van der Waals surface area contributed by atoms with Gasteiger partial charge in [0, 0.05) is 13.1 Å². The number of rotatable bonds is 3. The summed E-state index contributed by atoms with van der Waals surface area (Å²) in [5.41, 5.74) is 0.0209. The molecule has 1 saturated heterocycles. The Hall–Kier alpha value is -1.02. The van der Waals surface area contributed by atoms with Crippen LogP contribution in [0, 0.1) is 0 Å². The van der Waals surface area contributed by atoms with Crippen molar-refractivity contribution in [1.29, 1.82) is 0 Å². The summed E-state index contributed by atoms with van der Waals surface area (Å²) in [5, 5.41) is 0. The van der Waals surface area contributed by atoms with Crippen molar-refractivity contribution in [3.05, 3.63) is 30.3 Å². The van der Waals surface area contributed by atoms with Gasteiger partial charge in [-0.15, -0.1) is 0 Å². The van der Waals surface area contributed by atoms with Crippen LogP contribution in [0.2, 0.25) is 0 Å². The third-order valence-corrected chi connectivity index (χ3v) is 3.47. The zero-order valence-electron chi connectivity index (χ0n) is 10.3. The third-order valence-electron chi connectivity index (χ3n) is 3.47. The van der Waals surface area contributed by atoms with E-state index in [-0.39, 0.29) is 5.60 Å². The van der Waals surface area contributed by atoms with Gasteiger partial charge in [0.25, 0.3) is 0 Å². The predicted molar refractivity (Wildman–Crippen MR) is 66.8 cm³/mol. The molecule has 0 radical (unpaired) electrons. The van der Waals surface area contributed by atoms with Crippen LogP contribution in [0.25, 0.3) is 0 Å². The summed E-state index contributed by atoms with van der Waals surface area (Å²) in [6, 6.07) is 10.2. The molecule has 1 fully saturated rings. The van der Waals surface area contributed by atoms with Crippen LogP contribution in [0.3, 0.4) is 0 Å². The number of hydrogen-bond acceptors (Lipinski definition) is 2. The minimum atomic E-state index is 0.0209. The lowest BCUT2D eigenvalue weighted by Gasteiger charge is -2.39. The topological polar surface area (TPSA) is 12.5 Å². The van der Waals surface area contributed by atoms with Crippen LogP contribution in [0.5, 0.6) is 5.75 Å². The molecule has 0 spiro atoms. The lowest BCUT2D eigenvalue weighted by atomic mass is 9.93. The van der Waals surface area contributed by atoms with Crippen molar-refractivity contribution in [3.8, 4) is 5.75 Å². The maximum absolute atomic E-state index is 6.11. The monoisotopic (exact) mass is 219 g/mol. The van der Waals surface area contributed by atoms with Crippen molar-refractivity contribution in [2.45, 2.75) is 32.3 Å². The Morgan fingerprint density at radius 2 is 1.81 bits per heavy atom. The molecular weight excluding hydrogens is 198 g/mol. The highest BCUT2D eigenvalue weighted by Crippen LogP contribution is 2.27. The number of hydrogen-bond donors (Lipinski definition) is 0. The fourth-order valence-corrected chi connectivity index (χ4v) is 2.22. The number of likely N-dealkylation sites (tertiary alicyclic amines) is 1. The van der Waals surface area contributed by atoms with Crippen LogP contribution in [-0.4, -0.2) is 30.1 Å². The molecule has 0 saturated carbocycles. The molecule has 1 aliphatic rings. The molecule has 0 bridgehead atoms. The quantitative estimate of drug-likeness (QED) is 0.775. The Kier molecular flexibility index (Phi) is 3.49. The summed E-state index contributed by atoms with van der Waals surface area (Å²) in [4.78, 5) is 2.48. The van der Waals surface area contributed by atoms with Crippen LogP contribution in [0.15, 0.2) is 30.3 Å². The van der Waals surface area contributed by atoms with Gasteiger partial charge in [-0.1, -0.05) is 25.1 Å². The largest absolute Gasteiger partial charge is 0.487 e. The zero-order chi connectivity index (χ0) is 11.4. The van der Waals surface area contributed by atoms with E-state index in [0.29, 0.717) is 0 Å². The lowest BCUT2D eigenvalue weighted by Crippen LogP contribution is -2.45. The molecule has 2 rings (SSSR count). The molecule has 16 heavy (non-hydrogen) atoms. The Balaban J connectivity index is 1.95. The molecule has 0 amide bonds. The normalized spacial score (nSPS) is 20.6.